The standard InChI is InChI=1S/C31H29ClF3N7O5/c1-15-9-39(17-13-47-14-17)5-6-41(15)22-8-20(25(32)29(35)37-22)36-23(44)11-40-10-19(18-7-16(12-43)28(45)27(34)26(18)33)24-30(40)38-21-3-2-4-42(21)31(24)46/h7-8,10,12,15,17,45H,2-6,9,11,13-14H2,1H3,(H,36,37,44)/t15-/m0/s1. The molecule has 1 atom stereocenters. The molecule has 7 rings (SSSR count). The van der Waals surface area contributed by atoms with Crippen molar-refractivity contribution in [1.82, 2.24) is 24.0 Å². The van der Waals surface area contributed by atoms with Gasteiger partial charge in [-0.3, -0.25) is 23.9 Å². The van der Waals surface area contributed by atoms with Crippen molar-refractivity contribution in [3.05, 3.63) is 62.7 Å². The van der Waals surface area contributed by atoms with Crippen molar-refractivity contribution in [1.29, 1.82) is 0 Å². The van der Waals surface area contributed by atoms with E-state index >= 15 is 4.39 Å². The molecule has 0 spiro atoms. The number of aromatic hydroxyl groups is 1. The zero-order chi connectivity index (χ0) is 33.1. The minimum atomic E-state index is -1.66. The number of hydrogen-bond acceptors (Lipinski definition) is 9. The second-order valence-electron chi connectivity index (χ2n) is 12.0. The first kappa shape index (κ1) is 31.1. The molecule has 16 heteroatoms. The Balaban J connectivity index is 1.22. The highest BCUT2D eigenvalue weighted by Gasteiger charge is 2.33. The number of benzene rings is 1. The lowest BCUT2D eigenvalue weighted by atomic mass is 10.0. The molecule has 1 aromatic carbocycles. The van der Waals surface area contributed by atoms with Crippen LogP contribution in [0.5, 0.6) is 5.75 Å². The summed E-state index contributed by atoms with van der Waals surface area (Å²) in [5.74, 6) is -5.18. The fourth-order valence-corrected chi connectivity index (χ4v) is 6.68. The Morgan fingerprint density at radius 2 is 1.94 bits per heavy atom. The van der Waals surface area contributed by atoms with Crippen molar-refractivity contribution in [2.75, 3.05) is 43.1 Å². The quantitative estimate of drug-likeness (QED) is 0.224. The summed E-state index contributed by atoms with van der Waals surface area (Å²) >= 11 is 6.23. The number of nitrogens with zero attached hydrogens (tertiary/aromatic N) is 6. The molecule has 0 unspecified atom stereocenters. The molecule has 3 aliphatic heterocycles. The molecule has 2 saturated heterocycles. The number of piperazine rings is 1. The summed E-state index contributed by atoms with van der Waals surface area (Å²) in [6.07, 6.45) is 2.55. The van der Waals surface area contributed by atoms with E-state index in [-0.39, 0.29) is 34.6 Å². The van der Waals surface area contributed by atoms with Gasteiger partial charge in [-0.1, -0.05) is 11.6 Å². The van der Waals surface area contributed by atoms with Crippen molar-refractivity contribution in [3.8, 4) is 16.9 Å². The fourth-order valence-electron chi connectivity index (χ4n) is 6.53. The number of aromatic nitrogens is 4. The second kappa shape index (κ2) is 12.0. The summed E-state index contributed by atoms with van der Waals surface area (Å²) in [6.45, 7) is 5.29. The van der Waals surface area contributed by atoms with E-state index in [9.17, 15) is 28.3 Å². The Labute approximate surface area is 270 Å². The smallest absolute Gasteiger partial charge is 0.263 e. The summed E-state index contributed by atoms with van der Waals surface area (Å²) in [4.78, 5) is 51.4. The molecule has 47 heavy (non-hydrogen) atoms. The first-order valence-corrected chi connectivity index (χ1v) is 15.5. The number of nitrogens with one attached hydrogen (secondary N) is 1. The van der Waals surface area contributed by atoms with E-state index in [4.69, 9.17) is 16.3 Å². The molecular formula is C31H29ClF3N7O5. The average Bonchev–Trinajstić information content (AvgIpc) is 3.63. The number of amides is 1. The minimum Gasteiger partial charge on any atom is -0.504 e. The number of halogens is 4. The number of phenols is 1. The number of rotatable bonds is 7. The first-order valence-electron chi connectivity index (χ1n) is 15.1. The van der Waals surface area contributed by atoms with Crippen LogP contribution in [0.4, 0.5) is 24.7 Å². The summed E-state index contributed by atoms with van der Waals surface area (Å²) in [5.41, 5.74) is -1.63. The van der Waals surface area contributed by atoms with Gasteiger partial charge in [-0.2, -0.15) is 8.78 Å². The van der Waals surface area contributed by atoms with Gasteiger partial charge in [0.1, 0.15) is 28.9 Å². The Morgan fingerprint density at radius 3 is 2.64 bits per heavy atom. The number of phenolic OH excluding ortho intramolecular Hbond substituents is 1. The Morgan fingerprint density at radius 1 is 1.15 bits per heavy atom. The van der Waals surface area contributed by atoms with Crippen molar-refractivity contribution in [3.63, 3.8) is 0 Å². The van der Waals surface area contributed by atoms with Crippen LogP contribution in [-0.4, -0.2) is 86.2 Å². The molecule has 0 saturated carbocycles. The van der Waals surface area contributed by atoms with Gasteiger partial charge in [-0.15, -0.1) is 0 Å². The number of hydrogen-bond donors (Lipinski definition) is 2. The molecule has 0 aliphatic carbocycles. The summed E-state index contributed by atoms with van der Waals surface area (Å²) in [7, 11) is 0. The number of carbonyl (C=O) groups excluding carboxylic acids is 2. The van der Waals surface area contributed by atoms with E-state index in [1.165, 1.54) is 21.4 Å². The highest BCUT2D eigenvalue weighted by molar-refractivity contribution is 6.33. The van der Waals surface area contributed by atoms with Gasteiger partial charge in [0.15, 0.2) is 17.9 Å². The minimum absolute atomic E-state index is 0.0116. The van der Waals surface area contributed by atoms with Crippen LogP contribution in [0.3, 0.4) is 0 Å². The number of pyridine rings is 1. The number of ether oxygens (including phenoxy) is 1. The van der Waals surface area contributed by atoms with Crippen molar-refractivity contribution in [2.45, 2.75) is 44.9 Å². The molecule has 1 amide bonds. The third kappa shape index (κ3) is 5.31. The van der Waals surface area contributed by atoms with Gasteiger partial charge < -0.3 is 24.6 Å². The SMILES string of the molecule is C[C@H]1CN(C2COC2)CCN1c1cc(NC(=O)Cn2cc(-c3cc(C=O)c(O)c(F)c3F)c3c(=O)n4c(nc32)CCC4)c(Cl)c(F)n1. The molecular weight excluding hydrogens is 643 g/mol. The second-order valence-corrected chi connectivity index (χ2v) is 12.4. The summed E-state index contributed by atoms with van der Waals surface area (Å²) in [6, 6.07) is 2.77. The Hall–Kier alpha value is -4.47. The molecule has 6 heterocycles. The molecule has 12 nitrogen and oxygen atoms in total. The van der Waals surface area contributed by atoms with Crippen molar-refractivity contribution >= 4 is 46.3 Å². The predicted molar refractivity (Wildman–Crippen MR) is 166 cm³/mol. The van der Waals surface area contributed by atoms with E-state index in [0.29, 0.717) is 56.8 Å². The van der Waals surface area contributed by atoms with Crippen LogP contribution in [0, 0.1) is 17.6 Å². The number of aryl methyl sites for hydroxylation is 1. The van der Waals surface area contributed by atoms with Gasteiger partial charge >= 0.3 is 0 Å². The Bertz CT molecular complexity index is 2010. The maximum absolute atomic E-state index is 15.2. The maximum atomic E-state index is 15.2. The number of fused-ring (bicyclic) bond motifs is 2. The third-order valence-electron chi connectivity index (χ3n) is 9.05. The molecule has 3 aromatic heterocycles. The van der Waals surface area contributed by atoms with E-state index in [1.54, 1.807) is 0 Å². The number of aldehydes is 1. The molecule has 2 N–H and O–H groups in total. The molecule has 0 radical (unpaired) electrons. The van der Waals surface area contributed by atoms with Gasteiger partial charge in [-0.25, -0.2) is 14.4 Å². The van der Waals surface area contributed by atoms with Crippen LogP contribution in [-0.2, 0) is 29.0 Å². The zero-order valence-electron chi connectivity index (χ0n) is 25.1. The summed E-state index contributed by atoms with van der Waals surface area (Å²) in [5, 5.41) is 12.0. The predicted octanol–water partition coefficient (Wildman–Crippen LogP) is 3.34. The topological polar surface area (TPSA) is 135 Å². The van der Waals surface area contributed by atoms with Crippen LogP contribution in [0.15, 0.2) is 23.1 Å². The van der Waals surface area contributed by atoms with E-state index < -0.39 is 57.5 Å². The van der Waals surface area contributed by atoms with Crippen LogP contribution in [0.1, 0.15) is 29.5 Å². The van der Waals surface area contributed by atoms with Crippen LogP contribution in [0.2, 0.25) is 5.02 Å². The zero-order valence-corrected chi connectivity index (χ0v) is 25.9. The van der Waals surface area contributed by atoms with Crippen molar-refractivity contribution < 1.29 is 32.6 Å². The van der Waals surface area contributed by atoms with Gasteiger partial charge in [-0.05, 0) is 19.4 Å². The normalized spacial score (nSPS) is 18.4. The van der Waals surface area contributed by atoms with Gasteiger partial charge in [0.05, 0.1) is 35.9 Å². The van der Waals surface area contributed by atoms with Crippen LogP contribution < -0.4 is 15.8 Å². The van der Waals surface area contributed by atoms with E-state index in [2.05, 4.69) is 20.2 Å². The maximum Gasteiger partial charge on any atom is 0.263 e. The van der Waals surface area contributed by atoms with Gasteiger partial charge in [0, 0.05) is 62.0 Å². The molecule has 2 fully saturated rings. The highest BCUT2D eigenvalue weighted by Crippen LogP contribution is 2.36. The highest BCUT2D eigenvalue weighted by atomic mass is 35.5. The Kier molecular flexibility index (Phi) is 7.92. The fraction of sp³-hybridized carbons (Fsp3) is 0.387. The molecule has 246 valence electrons. The number of anilines is 2. The molecule has 4 aromatic rings. The van der Waals surface area contributed by atoms with Gasteiger partial charge in [0.25, 0.3) is 5.56 Å². The van der Waals surface area contributed by atoms with E-state index in [0.717, 1.165) is 19.2 Å². The largest absolute Gasteiger partial charge is 0.504 e. The van der Waals surface area contributed by atoms with E-state index in [1.807, 2.05) is 11.8 Å². The number of carbonyl (C=O) groups is 2. The van der Waals surface area contributed by atoms with Crippen molar-refractivity contribution in [2.24, 2.45) is 0 Å². The van der Waals surface area contributed by atoms with Crippen LogP contribution in [0.25, 0.3) is 22.2 Å². The lowest BCUT2D eigenvalue weighted by Gasteiger charge is -2.46. The first-order chi connectivity index (χ1) is 22.5. The molecule has 3 aliphatic rings. The van der Waals surface area contributed by atoms with Gasteiger partial charge in [0.2, 0.25) is 17.7 Å². The lowest BCUT2D eigenvalue weighted by molar-refractivity contribution is -0.116. The average molecular weight is 672 g/mol. The summed E-state index contributed by atoms with van der Waals surface area (Å²) < 4.78 is 52.8. The van der Waals surface area contributed by atoms with Crippen LogP contribution >= 0.6 is 11.6 Å². The molecule has 0 bridgehead atoms. The monoisotopic (exact) mass is 671 g/mol. The lowest BCUT2D eigenvalue weighted by Crippen LogP contribution is -2.59. The third-order valence-corrected chi connectivity index (χ3v) is 9.41.